The quantitative estimate of drug-likeness (QED) is 0.901. The molecule has 1 aromatic carbocycles. The number of halogens is 1. The molecule has 1 heterocycles. The maximum Gasteiger partial charge on any atom is 0.161 e. The first-order valence-electron chi connectivity index (χ1n) is 6.40. The first kappa shape index (κ1) is 14.5. The molecule has 1 unspecified atom stereocenters. The van der Waals surface area contributed by atoms with Crippen molar-refractivity contribution in [2.75, 3.05) is 19.0 Å². The van der Waals surface area contributed by atoms with E-state index in [9.17, 15) is 0 Å². The fourth-order valence-corrected chi connectivity index (χ4v) is 3.53. The molecule has 0 aromatic heterocycles. The van der Waals surface area contributed by atoms with Crippen LogP contribution in [-0.4, -0.2) is 24.1 Å². The van der Waals surface area contributed by atoms with E-state index in [2.05, 4.69) is 24.2 Å². The summed E-state index contributed by atoms with van der Waals surface area (Å²) in [6.07, 6.45) is 1.20. The van der Waals surface area contributed by atoms with Crippen molar-refractivity contribution < 1.29 is 4.74 Å². The molecule has 3 nitrogen and oxygen atoms in total. The Morgan fingerprint density at radius 3 is 2.95 bits per heavy atom. The zero-order valence-electron chi connectivity index (χ0n) is 11.4. The predicted octanol–water partition coefficient (Wildman–Crippen LogP) is 4.28. The molecule has 0 bridgehead atoms. The minimum absolute atomic E-state index is 0.594. The van der Waals surface area contributed by atoms with Gasteiger partial charge in [-0.15, -0.1) is 0 Å². The van der Waals surface area contributed by atoms with Crippen LogP contribution in [0.4, 0.5) is 5.69 Å². The number of benzene rings is 1. The van der Waals surface area contributed by atoms with E-state index in [1.54, 1.807) is 7.11 Å². The molecule has 1 aromatic rings. The lowest BCUT2D eigenvalue weighted by Crippen LogP contribution is -2.09. The highest BCUT2D eigenvalue weighted by Crippen LogP contribution is 2.30. The average molecular weight is 299 g/mol. The molecule has 0 amide bonds. The molecule has 1 aliphatic rings. The number of rotatable bonds is 4. The molecule has 104 valence electrons. The summed E-state index contributed by atoms with van der Waals surface area (Å²) in [6, 6.07) is 5.67. The van der Waals surface area contributed by atoms with Gasteiger partial charge in [-0.05, 0) is 30.5 Å². The molecule has 0 fully saturated rings. The number of aliphatic imine (C=N–C) groups is 1. The Bertz CT molecular complexity index is 477. The van der Waals surface area contributed by atoms with E-state index in [1.165, 1.54) is 6.42 Å². The van der Waals surface area contributed by atoms with Gasteiger partial charge in [-0.2, -0.15) is 0 Å². The minimum Gasteiger partial charge on any atom is -0.495 e. The smallest absolute Gasteiger partial charge is 0.161 e. The van der Waals surface area contributed by atoms with E-state index in [1.807, 2.05) is 30.0 Å². The van der Waals surface area contributed by atoms with Crippen LogP contribution < -0.4 is 10.1 Å². The summed E-state index contributed by atoms with van der Waals surface area (Å²) in [5, 5.41) is 5.49. The van der Waals surface area contributed by atoms with Crippen LogP contribution in [-0.2, 0) is 0 Å². The van der Waals surface area contributed by atoms with Crippen LogP contribution in [0.1, 0.15) is 20.3 Å². The second kappa shape index (κ2) is 6.53. The summed E-state index contributed by atoms with van der Waals surface area (Å²) in [6.45, 7) is 5.39. The van der Waals surface area contributed by atoms with Crippen molar-refractivity contribution in [3.05, 3.63) is 23.2 Å². The molecular formula is C14H19ClN2OS. The lowest BCUT2D eigenvalue weighted by atomic mass is 10.1. The van der Waals surface area contributed by atoms with Gasteiger partial charge in [0.25, 0.3) is 0 Å². The van der Waals surface area contributed by atoms with Gasteiger partial charge in [0.1, 0.15) is 5.75 Å². The highest BCUT2D eigenvalue weighted by molar-refractivity contribution is 8.15. The van der Waals surface area contributed by atoms with Crippen LogP contribution in [0.25, 0.3) is 0 Å². The Morgan fingerprint density at radius 2 is 2.32 bits per heavy atom. The zero-order chi connectivity index (χ0) is 13.8. The zero-order valence-corrected chi connectivity index (χ0v) is 13.0. The Balaban J connectivity index is 1.94. The highest BCUT2D eigenvalue weighted by atomic mass is 35.5. The van der Waals surface area contributed by atoms with Crippen molar-refractivity contribution in [3.8, 4) is 5.75 Å². The van der Waals surface area contributed by atoms with Crippen molar-refractivity contribution >= 4 is 34.2 Å². The number of methoxy groups -OCH3 is 1. The Morgan fingerprint density at radius 1 is 1.53 bits per heavy atom. The average Bonchev–Trinajstić information content (AvgIpc) is 2.76. The topological polar surface area (TPSA) is 33.6 Å². The van der Waals surface area contributed by atoms with Crippen LogP contribution in [0.5, 0.6) is 5.75 Å². The first-order chi connectivity index (χ1) is 9.08. The number of ether oxygens (including phenoxy) is 1. The summed E-state index contributed by atoms with van der Waals surface area (Å²) in [5.41, 5.74) is 0.947. The largest absolute Gasteiger partial charge is 0.495 e. The van der Waals surface area contributed by atoms with Gasteiger partial charge in [0.15, 0.2) is 5.17 Å². The van der Waals surface area contributed by atoms with Crippen LogP contribution in [0, 0.1) is 5.92 Å². The lowest BCUT2D eigenvalue weighted by Gasteiger charge is -2.11. The predicted molar refractivity (Wildman–Crippen MR) is 84.8 cm³/mol. The van der Waals surface area contributed by atoms with Gasteiger partial charge in [0.2, 0.25) is 0 Å². The van der Waals surface area contributed by atoms with Gasteiger partial charge in [-0.3, -0.25) is 4.99 Å². The number of anilines is 1. The van der Waals surface area contributed by atoms with E-state index in [0.717, 1.165) is 17.4 Å². The normalized spacial score (nSPS) is 18.6. The molecule has 5 heteroatoms. The van der Waals surface area contributed by atoms with Gasteiger partial charge >= 0.3 is 0 Å². The van der Waals surface area contributed by atoms with Gasteiger partial charge in [0, 0.05) is 10.9 Å². The van der Waals surface area contributed by atoms with Crippen molar-refractivity contribution in [1.82, 2.24) is 0 Å². The van der Waals surface area contributed by atoms with E-state index < -0.39 is 0 Å². The summed E-state index contributed by atoms with van der Waals surface area (Å²) < 4.78 is 5.14. The molecule has 0 spiro atoms. The summed E-state index contributed by atoms with van der Waals surface area (Å²) in [7, 11) is 1.61. The van der Waals surface area contributed by atoms with Crippen molar-refractivity contribution in [1.29, 1.82) is 0 Å². The maximum absolute atomic E-state index is 6.10. The maximum atomic E-state index is 6.10. The summed E-state index contributed by atoms with van der Waals surface area (Å²) in [5.74, 6) is 1.40. The number of amidine groups is 1. The molecule has 1 atom stereocenters. The van der Waals surface area contributed by atoms with Crippen LogP contribution in [0.2, 0.25) is 5.02 Å². The molecule has 0 radical (unpaired) electrons. The minimum atomic E-state index is 0.594. The standard InChI is InChI=1S/C14H19ClN2OS/c1-9(2)6-11-8-16-14(19-11)17-10-4-5-13(18-3)12(15)7-10/h4-5,7,9,11H,6,8H2,1-3H3,(H,16,17). The second-order valence-corrected chi connectivity index (χ2v) is 6.69. The van der Waals surface area contributed by atoms with Crippen molar-refractivity contribution in [2.24, 2.45) is 10.9 Å². The van der Waals surface area contributed by atoms with Gasteiger partial charge < -0.3 is 10.1 Å². The number of hydrogen-bond donors (Lipinski definition) is 1. The fraction of sp³-hybridized carbons (Fsp3) is 0.500. The van der Waals surface area contributed by atoms with Crippen LogP contribution in [0.15, 0.2) is 23.2 Å². The summed E-state index contributed by atoms with van der Waals surface area (Å²) in [4.78, 5) is 4.53. The van der Waals surface area contributed by atoms with Gasteiger partial charge in [0.05, 0.1) is 18.7 Å². The summed E-state index contributed by atoms with van der Waals surface area (Å²) >= 11 is 7.92. The number of nitrogens with one attached hydrogen (secondary N) is 1. The van der Waals surface area contributed by atoms with Gasteiger partial charge in [-0.25, -0.2) is 0 Å². The molecule has 0 aliphatic carbocycles. The highest BCUT2D eigenvalue weighted by Gasteiger charge is 2.20. The third-order valence-electron chi connectivity index (χ3n) is 2.85. The third-order valence-corrected chi connectivity index (χ3v) is 4.28. The molecule has 0 saturated heterocycles. The second-order valence-electron chi connectivity index (χ2n) is 4.99. The van der Waals surface area contributed by atoms with E-state index >= 15 is 0 Å². The van der Waals surface area contributed by atoms with Gasteiger partial charge in [-0.1, -0.05) is 37.2 Å². The molecule has 2 rings (SSSR count). The molecule has 0 saturated carbocycles. The van der Waals surface area contributed by atoms with Crippen LogP contribution in [0.3, 0.4) is 0 Å². The third kappa shape index (κ3) is 4.05. The molecule has 19 heavy (non-hydrogen) atoms. The Kier molecular flexibility index (Phi) is 4.99. The number of thioether (sulfide) groups is 1. The monoisotopic (exact) mass is 298 g/mol. The van der Waals surface area contributed by atoms with Crippen molar-refractivity contribution in [2.45, 2.75) is 25.5 Å². The molecule has 1 aliphatic heterocycles. The lowest BCUT2D eigenvalue weighted by molar-refractivity contribution is 0.415. The SMILES string of the molecule is COc1ccc(NC2=NCC(CC(C)C)S2)cc1Cl. The fourth-order valence-electron chi connectivity index (χ4n) is 2.00. The molecular weight excluding hydrogens is 280 g/mol. The van der Waals surface area contributed by atoms with E-state index in [4.69, 9.17) is 16.3 Å². The van der Waals surface area contributed by atoms with Crippen molar-refractivity contribution in [3.63, 3.8) is 0 Å². The van der Waals surface area contributed by atoms with E-state index in [0.29, 0.717) is 21.9 Å². The van der Waals surface area contributed by atoms with Crippen LogP contribution >= 0.6 is 23.4 Å². The first-order valence-corrected chi connectivity index (χ1v) is 7.66. The Labute approximate surface area is 123 Å². The number of hydrogen-bond acceptors (Lipinski definition) is 4. The molecule has 1 N–H and O–H groups in total. The Hall–Kier alpha value is -0.870. The van der Waals surface area contributed by atoms with E-state index in [-0.39, 0.29) is 0 Å². The number of nitrogens with zero attached hydrogens (tertiary/aromatic N) is 1.